The number of benzene rings is 1. The molecule has 1 aliphatic heterocycles. The second-order valence-electron chi connectivity index (χ2n) is 3.65. The van der Waals surface area contributed by atoms with Gasteiger partial charge in [-0.3, -0.25) is 4.90 Å². The van der Waals surface area contributed by atoms with Crippen molar-refractivity contribution in [3.05, 3.63) is 29.8 Å². The maximum absolute atomic E-state index is 5.89. The van der Waals surface area contributed by atoms with Crippen LogP contribution in [0.5, 0.6) is 0 Å². The Labute approximate surface area is 84.9 Å². The fourth-order valence-corrected chi connectivity index (χ4v) is 1.73. The van der Waals surface area contributed by atoms with Crippen LogP contribution in [0.25, 0.3) is 0 Å². The van der Waals surface area contributed by atoms with Crippen LogP contribution in [0, 0.1) is 0 Å². The lowest BCUT2D eigenvalue weighted by Gasteiger charge is -2.26. The Morgan fingerprint density at radius 1 is 1.21 bits per heavy atom. The molecule has 1 aliphatic rings. The first-order valence-corrected chi connectivity index (χ1v) is 5.05. The van der Waals surface area contributed by atoms with Gasteiger partial charge in [0, 0.05) is 38.4 Å². The summed E-state index contributed by atoms with van der Waals surface area (Å²) in [6.07, 6.45) is 0. The van der Waals surface area contributed by atoms with Gasteiger partial charge in [-0.05, 0) is 11.6 Å². The van der Waals surface area contributed by atoms with E-state index in [0.29, 0.717) is 0 Å². The Morgan fingerprint density at radius 3 is 2.64 bits per heavy atom. The average molecular weight is 190 g/mol. The standard InChI is InChI=1S/C11H16N3/c12-11-4-2-1-3-10(11)9-14-7-5-13-6-8-14/h1-4H,5-9,12H2. The largest absolute Gasteiger partial charge is 0.398 e. The predicted molar refractivity (Wildman–Crippen MR) is 58.0 cm³/mol. The fraction of sp³-hybridized carbons (Fsp3) is 0.455. The van der Waals surface area contributed by atoms with Gasteiger partial charge >= 0.3 is 0 Å². The third-order valence-electron chi connectivity index (χ3n) is 2.60. The predicted octanol–water partition coefficient (Wildman–Crippen LogP) is 0.689. The summed E-state index contributed by atoms with van der Waals surface area (Å²) >= 11 is 0. The van der Waals surface area contributed by atoms with E-state index in [1.165, 1.54) is 5.56 Å². The first kappa shape index (κ1) is 9.49. The van der Waals surface area contributed by atoms with E-state index in [2.05, 4.69) is 16.3 Å². The molecule has 1 fully saturated rings. The number of hydrogen-bond donors (Lipinski definition) is 1. The van der Waals surface area contributed by atoms with E-state index in [4.69, 9.17) is 5.73 Å². The first-order valence-electron chi connectivity index (χ1n) is 5.05. The Balaban J connectivity index is 1.99. The van der Waals surface area contributed by atoms with Crippen LogP contribution in [-0.4, -0.2) is 31.1 Å². The number of rotatable bonds is 2. The van der Waals surface area contributed by atoms with Crippen LogP contribution in [0.1, 0.15) is 5.56 Å². The number of nitrogens with two attached hydrogens (primary N) is 1. The molecule has 0 bridgehead atoms. The van der Waals surface area contributed by atoms with E-state index >= 15 is 0 Å². The van der Waals surface area contributed by atoms with Gasteiger partial charge in [-0.25, -0.2) is 5.32 Å². The maximum Gasteiger partial charge on any atom is 0.0359 e. The minimum Gasteiger partial charge on any atom is -0.398 e. The van der Waals surface area contributed by atoms with E-state index in [9.17, 15) is 0 Å². The Hall–Kier alpha value is -1.06. The van der Waals surface area contributed by atoms with E-state index < -0.39 is 0 Å². The fourth-order valence-electron chi connectivity index (χ4n) is 1.73. The Kier molecular flexibility index (Phi) is 3.01. The van der Waals surface area contributed by atoms with E-state index in [0.717, 1.165) is 38.4 Å². The van der Waals surface area contributed by atoms with Crippen LogP contribution in [-0.2, 0) is 6.54 Å². The molecule has 1 radical (unpaired) electrons. The van der Waals surface area contributed by atoms with Crippen LogP contribution in [0.4, 0.5) is 5.69 Å². The topological polar surface area (TPSA) is 43.4 Å². The molecular weight excluding hydrogens is 174 g/mol. The third-order valence-corrected chi connectivity index (χ3v) is 2.60. The van der Waals surface area contributed by atoms with Crippen molar-refractivity contribution in [1.82, 2.24) is 10.2 Å². The molecule has 2 N–H and O–H groups in total. The molecule has 3 heteroatoms. The van der Waals surface area contributed by atoms with Gasteiger partial charge in [-0.15, -0.1) is 0 Å². The number of anilines is 1. The van der Waals surface area contributed by atoms with Crippen molar-refractivity contribution in [3.8, 4) is 0 Å². The highest BCUT2D eigenvalue weighted by atomic mass is 15.2. The number of hydrogen-bond acceptors (Lipinski definition) is 2. The molecule has 0 amide bonds. The molecule has 1 saturated heterocycles. The summed E-state index contributed by atoms with van der Waals surface area (Å²) in [5.74, 6) is 0. The summed E-state index contributed by atoms with van der Waals surface area (Å²) in [5, 5.41) is 4.32. The van der Waals surface area contributed by atoms with E-state index in [-0.39, 0.29) is 0 Å². The smallest absolute Gasteiger partial charge is 0.0359 e. The van der Waals surface area contributed by atoms with Crippen molar-refractivity contribution >= 4 is 5.69 Å². The molecule has 0 aromatic heterocycles. The molecule has 0 aliphatic carbocycles. The first-order chi connectivity index (χ1) is 6.86. The summed E-state index contributed by atoms with van der Waals surface area (Å²) in [5.41, 5.74) is 8.02. The summed E-state index contributed by atoms with van der Waals surface area (Å²) in [4.78, 5) is 2.40. The van der Waals surface area contributed by atoms with Crippen LogP contribution < -0.4 is 11.1 Å². The van der Waals surface area contributed by atoms with Crippen molar-refractivity contribution in [3.63, 3.8) is 0 Å². The summed E-state index contributed by atoms with van der Waals surface area (Å²) in [6, 6.07) is 8.08. The molecule has 75 valence electrons. The van der Waals surface area contributed by atoms with Crippen molar-refractivity contribution in [2.45, 2.75) is 6.54 Å². The summed E-state index contributed by atoms with van der Waals surface area (Å²) in [6.45, 7) is 5.02. The zero-order chi connectivity index (χ0) is 9.80. The van der Waals surface area contributed by atoms with Gasteiger partial charge in [0.05, 0.1) is 0 Å². The molecule has 1 aromatic rings. The van der Waals surface area contributed by atoms with Crippen molar-refractivity contribution in [1.29, 1.82) is 0 Å². The normalized spacial score (nSPS) is 18.3. The summed E-state index contributed by atoms with van der Waals surface area (Å²) in [7, 11) is 0. The maximum atomic E-state index is 5.89. The van der Waals surface area contributed by atoms with E-state index in [1.54, 1.807) is 0 Å². The highest BCUT2D eigenvalue weighted by Gasteiger charge is 2.11. The quantitative estimate of drug-likeness (QED) is 0.697. The molecule has 14 heavy (non-hydrogen) atoms. The van der Waals surface area contributed by atoms with Crippen LogP contribution in [0.15, 0.2) is 24.3 Å². The highest BCUT2D eigenvalue weighted by Crippen LogP contribution is 2.13. The molecular formula is C11H16N3. The molecule has 3 nitrogen and oxygen atoms in total. The lowest BCUT2D eigenvalue weighted by atomic mass is 10.1. The van der Waals surface area contributed by atoms with Crippen LogP contribution in [0.2, 0.25) is 0 Å². The summed E-state index contributed by atoms with van der Waals surface area (Å²) < 4.78 is 0. The molecule has 1 heterocycles. The van der Waals surface area contributed by atoms with Crippen molar-refractivity contribution < 1.29 is 0 Å². The Bertz CT molecular complexity index is 292. The van der Waals surface area contributed by atoms with E-state index in [1.807, 2.05) is 18.2 Å². The number of piperazine rings is 1. The lowest BCUT2D eigenvalue weighted by molar-refractivity contribution is 0.231. The second kappa shape index (κ2) is 4.44. The van der Waals surface area contributed by atoms with Crippen LogP contribution in [0.3, 0.4) is 0 Å². The molecule has 2 rings (SSSR count). The average Bonchev–Trinajstić information content (AvgIpc) is 2.23. The van der Waals surface area contributed by atoms with Crippen molar-refractivity contribution in [2.24, 2.45) is 0 Å². The zero-order valence-corrected chi connectivity index (χ0v) is 8.32. The number of nitrogens with zero attached hydrogens (tertiary/aromatic N) is 2. The molecule has 0 spiro atoms. The van der Waals surface area contributed by atoms with Crippen molar-refractivity contribution in [2.75, 3.05) is 31.9 Å². The molecule has 0 atom stereocenters. The van der Waals surface area contributed by atoms with Gasteiger partial charge in [0.25, 0.3) is 0 Å². The minimum atomic E-state index is 0.898. The Morgan fingerprint density at radius 2 is 1.93 bits per heavy atom. The van der Waals surface area contributed by atoms with Gasteiger partial charge in [0.2, 0.25) is 0 Å². The van der Waals surface area contributed by atoms with Crippen LogP contribution >= 0.6 is 0 Å². The zero-order valence-electron chi connectivity index (χ0n) is 8.32. The number of para-hydroxylation sites is 1. The lowest BCUT2D eigenvalue weighted by Crippen LogP contribution is -2.39. The number of nitrogen functional groups attached to an aromatic ring is 1. The van der Waals surface area contributed by atoms with Gasteiger partial charge in [-0.1, -0.05) is 18.2 Å². The van der Waals surface area contributed by atoms with Gasteiger partial charge in [0.1, 0.15) is 0 Å². The van der Waals surface area contributed by atoms with Gasteiger partial charge in [-0.2, -0.15) is 0 Å². The molecule has 0 saturated carbocycles. The molecule has 1 aromatic carbocycles. The highest BCUT2D eigenvalue weighted by molar-refractivity contribution is 5.46. The minimum absolute atomic E-state index is 0.898. The second-order valence-corrected chi connectivity index (χ2v) is 3.65. The van der Waals surface area contributed by atoms with Gasteiger partial charge < -0.3 is 5.73 Å². The SMILES string of the molecule is Nc1ccccc1CN1CC[N]CC1. The van der Waals surface area contributed by atoms with Gasteiger partial charge in [0.15, 0.2) is 0 Å². The molecule has 0 unspecified atom stereocenters. The third kappa shape index (κ3) is 2.25. The monoisotopic (exact) mass is 190 g/mol.